The molecule has 2 N–H and O–H groups in total. The van der Waals surface area contributed by atoms with E-state index in [1.807, 2.05) is 16.7 Å². The van der Waals surface area contributed by atoms with Crippen molar-refractivity contribution in [1.82, 2.24) is 14.9 Å². The van der Waals surface area contributed by atoms with E-state index in [1.165, 1.54) is 0 Å². The van der Waals surface area contributed by atoms with Gasteiger partial charge in [-0.15, -0.1) is 12.4 Å². The zero-order chi connectivity index (χ0) is 11.8. The van der Waals surface area contributed by atoms with Gasteiger partial charge in [0.25, 0.3) is 0 Å². The first-order chi connectivity index (χ1) is 8.25. The molecule has 1 aromatic carbocycles. The number of fused-ring (bicyclic) bond motifs is 1. The number of hydrogen-bond donors (Lipinski definition) is 2. The molecule has 6 heteroatoms. The predicted octanol–water partition coefficient (Wildman–Crippen LogP) is 2.33. The van der Waals surface area contributed by atoms with Gasteiger partial charge in [-0.1, -0.05) is 11.6 Å². The van der Waals surface area contributed by atoms with Crippen molar-refractivity contribution in [3.8, 4) is 0 Å². The molecule has 0 saturated carbocycles. The van der Waals surface area contributed by atoms with E-state index in [-0.39, 0.29) is 24.1 Å². The van der Waals surface area contributed by atoms with Gasteiger partial charge < -0.3 is 10.3 Å². The van der Waals surface area contributed by atoms with Crippen LogP contribution in [0.4, 0.5) is 0 Å². The smallest absolute Gasteiger partial charge is 0.317 e. The van der Waals surface area contributed by atoms with E-state index < -0.39 is 0 Å². The summed E-state index contributed by atoms with van der Waals surface area (Å²) >= 11 is 6.00. The van der Waals surface area contributed by atoms with Gasteiger partial charge in [-0.2, -0.15) is 0 Å². The summed E-state index contributed by atoms with van der Waals surface area (Å²) < 4.78 is 1.85. The van der Waals surface area contributed by atoms with Gasteiger partial charge in [0.1, 0.15) is 0 Å². The molecule has 0 bridgehead atoms. The highest BCUT2D eigenvalue weighted by molar-refractivity contribution is 6.31. The number of benzene rings is 1. The first kappa shape index (κ1) is 13.5. The topological polar surface area (TPSA) is 49.8 Å². The van der Waals surface area contributed by atoms with E-state index in [0.717, 1.165) is 37.0 Å². The van der Waals surface area contributed by atoms with Crippen LogP contribution >= 0.6 is 24.0 Å². The van der Waals surface area contributed by atoms with Gasteiger partial charge in [-0.05, 0) is 44.1 Å². The van der Waals surface area contributed by atoms with Gasteiger partial charge in [0, 0.05) is 11.1 Å². The lowest BCUT2D eigenvalue weighted by molar-refractivity contribution is 0.368. The second-order valence-electron chi connectivity index (χ2n) is 4.44. The first-order valence-electron chi connectivity index (χ1n) is 5.86. The van der Waals surface area contributed by atoms with Crippen molar-refractivity contribution in [1.29, 1.82) is 0 Å². The van der Waals surface area contributed by atoms with Crippen molar-refractivity contribution < 1.29 is 0 Å². The number of nitrogens with zero attached hydrogens (tertiary/aromatic N) is 1. The number of aromatic nitrogens is 2. The Hall–Kier alpha value is -0.970. The summed E-state index contributed by atoms with van der Waals surface area (Å²) in [6.45, 7) is 1.93. The van der Waals surface area contributed by atoms with E-state index in [4.69, 9.17) is 11.6 Å². The van der Waals surface area contributed by atoms with Crippen molar-refractivity contribution in [2.45, 2.75) is 18.9 Å². The molecule has 0 spiro atoms. The van der Waals surface area contributed by atoms with Crippen LogP contribution in [0, 0.1) is 0 Å². The number of nitrogens with one attached hydrogen (secondary N) is 2. The Morgan fingerprint density at radius 1 is 1.28 bits per heavy atom. The summed E-state index contributed by atoms with van der Waals surface area (Å²) in [5, 5.41) is 3.97. The van der Waals surface area contributed by atoms with Gasteiger partial charge >= 0.3 is 5.69 Å². The van der Waals surface area contributed by atoms with Crippen molar-refractivity contribution in [3.63, 3.8) is 0 Å². The fourth-order valence-corrected chi connectivity index (χ4v) is 2.69. The average Bonchev–Trinajstić information content (AvgIpc) is 2.65. The Labute approximate surface area is 116 Å². The molecule has 2 aromatic rings. The molecule has 0 radical (unpaired) electrons. The van der Waals surface area contributed by atoms with Gasteiger partial charge in [0.2, 0.25) is 0 Å². The monoisotopic (exact) mass is 287 g/mol. The molecule has 3 rings (SSSR count). The van der Waals surface area contributed by atoms with Crippen LogP contribution in [-0.2, 0) is 0 Å². The van der Waals surface area contributed by atoms with Crippen LogP contribution in [0.3, 0.4) is 0 Å². The highest BCUT2D eigenvalue weighted by Gasteiger charge is 2.19. The van der Waals surface area contributed by atoms with Crippen molar-refractivity contribution in [2.75, 3.05) is 13.1 Å². The second-order valence-corrected chi connectivity index (χ2v) is 4.88. The van der Waals surface area contributed by atoms with E-state index in [1.54, 1.807) is 6.07 Å². The number of H-pyrrole nitrogens is 1. The van der Waals surface area contributed by atoms with E-state index in [0.29, 0.717) is 5.02 Å². The lowest BCUT2D eigenvalue weighted by Crippen LogP contribution is -2.33. The van der Waals surface area contributed by atoms with Crippen LogP contribution in [0.2, 0.25) is 5.02 Å². The number of aromatic amines is 1. The molecule has 1 aromatic heterocycles. The molecule has 1 aliphatic rings. The van der Waals surface area contributed by atoms with Gasteiger partial charge in [-0.3, -0.25) is 4.57 Å². The molecule has 1 fully saturated rings. The maximum absolute atomic E-state index is 12.0. The largest absolute Gasteiger partial charge is 0.326 e. The maximum Gasteiger partial charge on any atom is 0.326 e. The predicted molar refractivity (Wildman–Crippen MR) is 76.0 cm³/mol. The number of imidazole rings is 1. The van der Waals surface area contributed by atoms with Crippen LogP contribution in [0.1, 0.15) is 18.9 Å². The third-order valence-electron chi connectivity index (χ3n) is 3.35. The summed E-state index contributed by atoms with van der Waals surface area (Å²) in [7, 11) is 0. The van der Waals surface area contributed by atoms with Gasteiger partial charge in [0.05, 0.1) is 11.0 Å². The summed E-state index contributed by atoms with van der Waals surface area (Å²) in [6, 6.07) is 5.79. The van der Waals surface area contributed by atoms with Gasteiger partial charge in [0.15, 0.2) is 0 Å². The van der Waals surface area contributed by atoms with Crippen molar-refractivity contribution >= 4 is 35.0 Å². The van der Waals surface area contributed by atoms with Crippen LogP contribution in [-0.4, -0.2) is 22.6 Å². The Kier molecular flexibility index (Phi) is 4.00. The Balaban J connectivity index is 0.00000120. The molecular formula is C12H15Cl2N3O. The molecule has 98 valence electrons. The molecule has 2 heterocycles. The third-order valence-corrected chi connectivity index (χ3v) is 3.59. The molecule has 4 nitrogen and oxygen atoms in total. The molecule has 0 atom stereocenters. The molecular weight excluding hydrogens is 273 g/mol. The van der Waals surface area contributed by atoms with Crippen LogP contribution in [0.15, 0.2) is 23.0 Å². The lowest BCUT2D eigenvalue weighted by Gasteiger charge is -2.23. The Morgan fingerprint density at radius 2 is 2.00 bits per heavy atom. The molecule has 0 amide bonds. The summed E-state index contributed by atoms with van der Waals surface area (Å²) in [6.07, 6.45) is 1.97. The molecule has 0 unspecified atom stereocenters. The minimum absolute atomic E-state index is 0. The highest BCUT2D eigenvalue weighted by atomic mass is 35.5. The number of hydrogen-bond acceptors (Lipinski definition) is 2. The minimum atomic E-state index is -0.0332. The van der Waals surface area contributed by atoms with Crippen molar-refractivity contribution in [3.05, 3.63) is 33.7 Å². The second kappa shape index (κ2) is 5.34. The Morgan fingerprint density at radius 3 is 2.72 bits per heavy atom. The van der Waals surface area contributed by atoms with Gasteiger partial charge in [-0.25, -0.2) is 4.79 Å². The lowest BCUT2D eigenvalue weighted by atomic mass is 10.1. The summed E-state index contributed by atoms with van der Waals surface area (Å²) in [5.74, 6) is 0. The molecule has 18 heavy (non-hydrogen) atoms. The third kappa shape index (κ3) is 2.28. The fourth-order valence-electron chi connectivity index (χ4n) is 2.52. The standard InChI is InChI=1S/C12H14ClN3O.ClH/c13-8-1-2-10-11(7-8)16(12(17)15-10)9-3-5-14-6-4-9;/h1-2,7,9,14H,3-6H2,(H,15,17);1H. The number of piperidine rings is 1. The van der Waals surface area contributed by atoms with Crippen LogP contribution in [0.5, 0.6) is 0 Å². The fraction of sp³-hybridized carbons (Fsp3) is 0.417. The zero-order valence-corrected chi connectivity index (χ0v) is 11.4. The van der Waals surface area contributed by atoms with Crippen LogP contribution < -0.4 is 11.0 Å². The quantitative estimate of drug-likeness (QED) is 0.846. The SMILES string of the molecule is Cl.O=c1[nH]c2ccc(Cl)cc2n1C1CCNCC1. The zero-order valence-electron chi connectivity index (χ0n) is 9.78. The molecule has 1 aliphatic heterocycles. The summed E-state index contributed by atoms with van der Waals surface area (Å²) in [4.78, 5) is 14.9. The number of halogens is 2. The average molecular weight is 288 g/mol. The first-order valence-corrected chi connectivity index (χ1v) is 6.24. The van der Waals surface area contributed by atoms with E-state index in [2.05, 4.69) is 10.3 Å². The van der Waals surface area contributed by atoms with Crippen LogP contribution in [0.25, 0.3) is 11.0 Å². The van der Waals surface area contributed by atoms with E-state index >= 15 is 0 Å². The minimum Gasteiger partial charge on any atom is -0.317 e. The maximum atomic E-state index is 12.0. The highest BCUT2D eigenvalue weighted by Crippen LogP contribution is 2.23. The Bertz CT molecular complexity index is 599. The van der Waals surface area contributed by atoms with E-state index in [9.17, 15) is 4.79 Å². The van der Waals surface area contributed by atoms with Crippen molar-refractivity contribution in [2.24, 2.45) is 0 Å². The molecule has 1 saturated heterocycles. The summed E-state index contributed by atoms with van der Waals surface area (Å²) in [5.41, 5.74) is 1.74. The normalized spacial score (nSPS) is 16.7. The molecule has 0 aliphatic carbocycles. The number of rotatable bonds is 1.